The number of nitrogens with one attached hydrogen (secondary N) is 1. The lowest BCUT2D eigenvalue weighted by molar-refractivity contribution is -0.152. The van der Waals surface area contributed by atoms with Crippen LogP contribution in [0.3, 0.4) is 0 Å². The summed E-state index contributed by atoms with van der Waals surface area (Å²) in [6.45, 7) is 3.28. The minimum absolute atomic E-state index is 0.00919. The second-order valence-corrected chi connectivity index (χ2v) is 7.31. The molecule has 10 nitrogen and oxygen atoms in total. The largest absolute Gasteiger partial charge is 0.469 e. The Bertz CT molecular complexity index is 793. The van der Waals surface area contributed by atoms with E-state index < -0.39 is 36.2 Å². The van der Waals surface area contributed by atoms with Crippen LogP contribution in [0, 0.1) is 5.92 Å². The maximum atomic E-state index is 13.0. The van der Waals surface area contributed by atoms with Gasteiger partial charge in [0.15, 0.2) is 0 Å². The molecule has 0 radical (unpaired) electrons. The van der Waals surface area contributed by atoms with Gasteiger partial charge in [0.1, 0.15) is 23.7 Å². The topological polar surface area (TPSA) is 126 Å². The molecule has 0 aromatic rings. The quantitative estimate of drug-likeness (QED) is 0.408. The van der Waals surface area contributed by atoms with Gasteiger partial charge in [0, 0.05) is 6.04 Å². The van der Waals surface area contributed by atoms with E-state index in [9.17, 15) is 19.2 Å². The second-order valence-electron chi connectivity index (χ2n) is 7.31. The van der Waals surface area contributed by atoms with Crippen molar-refractivity contribution < 1.29 is 42.9 Å². The minimum atomic E-state index is -1.49. The van der Waals surface area contributed by atoms with E-state index in [0.29, 0.717) is 0 Å². The standard InChI is InChI=1S/C22H31NO9/c1-5-30-21(26)17-16(20(25)29-4)14(12-15(24)28-3)32-19(18(17)22(27)31-6-2)23-13-10-8-7-9-11-13/h13,17,23H,5-12H2,1-4H3. The fourth-order valence-corrected chi connectivity index (χ4v) is 3.77. The SMILES string of the molecule is CCOC(=O)C1=C(NC2CCCCC2)OC(CC(=O)OC)=C(C(=O)OC)C1C(=O)OCC. The van der Waals surface area contributed by atoms with Crippen molar-refractivity contribution in [1.29, 1.82) is 0 Å². The lowest BCUT2D eigenvalue weighted by atomic mass is 9.86. The van der Waals surface area contributed by atoms with Crippen LogP contribution in [0.1, 0.15) is 52.4 Å². The van der Waals surface area contributed by atoms with E-state index >= 15 is 0 Å². The van der Waals surface area contributed by atoms with E-state index in [1.165, 1.54) is 7.11 Å². The molecule has 1 heterocycles. The van der Waals surface area contributed by atoms with Gasteiger partial charge >= 0.3 is 23.9 Å². The van der Waals surface area contributed by atoms with Crippen LogP contribution in [0.2, 0.25) is 0 Å². The highest BCUT2D eigenvalue weighted by Gasteiger charge is 2.46. The summed E-state index contributed by atoms with van der Waals surface area (Å²) >= 11 is 0. The van der Waals surface area contributed by atoms with Gasteiger partial charge in [-0.2, -0.15) is 0 Å². The molecular formula is C22H31NO9. The van der Waals surface area contributed by atoms with E-state index in [1.807, 2.05) is 0 Å². The predicted octanol–water partition coefficient (Wildman–Crippen LogP) is 1.88. The van der Waals surface area contributed by atoms with E-state index in [0.717, 1.165) is 39.2 Å². The Morgan fingerprint density at radius 3 is 2.12 bits per heavy atom. The molecule has 1 aliphatic carbocycles. The van der Waals surface area contributed by atoms with Gasteiger partial charge in [0.2, 0.25) is 5.88 Å². The number of carbonyl (C=O) groups is 4. The van der Waals surface area contributed by atoms with Gasteiger partial charge in [0.05, 0.1) is 33.0 Å². The number of hydrogen-bond acceptors (Lipinski definition) is 10. The summed E-state index contributed by atoms with van der Waals surface area (Å²) in [5, 5.41) is 3.18. The molecule has 1 atom stereocenters. The Labute approximate surface area is 187 Å². The van der Waals surface area contributed by atoms with Crippen LogP contribution in [0.4, 0.5) is 0 Å². The third-order valence-electron chi connectivity index (χ3n) is 5.24. The Morgan fingerprint density at radius 1 is 0.906 bits per heavy atom. The second kappa shape index (κ2) is 12.1. The molecule has 0 spiro atoms. The number of esters is 4. The zero-order chi connectivity index (χ0) is 23.7. The molecule has 1 fully saturated rings. The number of carbonyl (C=O) groups excluding carboxylic acids is 4. The summed E-state index contributed by atoms with van der Waals surface area (Å²) < 4.78 is 25.7. The van der Waals surface area contributed by atoms with E-state index in [1.54, 1.807) is 13.8 Å². The smallest absolute Gasteiger partial charge is 0.340 e. The molecular weight excluding hydrogens is 422 g/mol. The van der Waals surface area contributed by atoms with Crippen LogP contribution < -0.4 is 5.32 Å². The molecule has 178 valence electrons. The van der Waals surface area contributed by atoms with E-state index in [4.69, 9.17) is 23.7 Å². The van der Waals surface area contributed by atoms with Crippen molar-refractivity contribution in [2.45, 2.75) is 58.4 Å². The predicted molar refractivity (Wildman–Crippen MR) is 111 cm³/mol. The van der Waals surface area contributed by atoms with Gasteiger partial charge in [0.25, 0.3) is 0 Å². The highest BCUT2D eigenvalue weighted by atomic mass is 16.6. The molecule has 0 saturated heterocycles. The first-order valence-electron chi connectivity index (χ1n) is 10.8. The maximum absolute atomic E-state index is 13.0. The Hall–Kier alpha value is -3.04. The van der Waals surface area contributed by atoms with Crippen LogP contribution in [-0.4, -0.2) is 57.4 Å². The Morgan fingerprint density at radius 2 is 1.56 bits per heavy atom. The lowest BCUT2D eigenvalue weighted by Gasteiger charge is -2.32. The van der Waals surface area contributed by atoms with Gasteiger partial charge in [-0.1, -0.05) is 19.3 Å². The Balaban J connectivity index is 2.64. The monoisotopic (exact) mass is 453 g/mol. The van der Waals surface area contributed by atoms with Crippen LogP contribution in [-0.2, 0) is 42.9 Å². The van der Waals surface area contributed by atoms with Gasteiger partial charge in [-0.15, -0.1) is 0 Å². The number of ether oxygens (including phenoxy) is 5. The lowest BCUT2D eigenvalue weighted by Crippen LogP contribution is -2.41. The van der Waals surface area contributed by atoms with Crippen molar-refractivity contribution in [2.75, 3.05) is 27.4 Å². The summed E-state index contributed by atoms with van der Waals surface area (Å²) in [5.41, 5.74) is -0.488. The molecule has 1 aliphatic heterocycles. The zero-order valence-electron chi connectivity index (χ0n) is 19.0. The first-order valence-corrected chi connectivity index (χ1v) is 10.8. The average molecular weight is 453 g/mol. The van der Waals surface area contributed by atoms with Crippen LogP contribution in [0.25, 0.3) is 0 Å². The number of methoxy groups -OCH3 is 2. The summed E-state index contributed by atoms with van der Waals surface area (Å²) in [6, 6.07) is -0.00919. The van der Waals surface area contributed by atoms with Crippen LogP contribution in [0.5, 0.6) is 0 Å². The summed E-state index contributed by atoms with van der Waals surface area (Å²) in [7, 11) is 2.31. The molecule has 0 bridgehead atoms. The van der Waals surface area contributed by atoms with Gasteiger partial charge in [-0.25, -0.2) is 9.59 Å². The fraction of sp³-hybridized carbons (Fsp3) is 0.636. The molecule has 1 saturated carbocycles. The van der Waals surface area contributed by atoms with Gasteiger partial charge in [-0.05, 0) is 26.7 Å². The average Bonchev–Trinajstić information content (AvgIpc) is 2.79. The first-order chi connectivity index (χ1) is 15.4. The molecule has 32 heavy (non-hydrogen) atoms. The van der Waals surface area contributed by atoms with Crippen molar-refractivity contribution in [3.05, 3.63) is 22.8 Å². The molecule has 2 aliphatic rings. The molecule has 10 heteroatoms. The highest BCUT2D eigenvalue weighted by molar-refractivity contribution is 6.05. The highest BCUT2D eigenvalue weighted by Crippen LogP contribution is 2.37. The Kier molecular flexibility index (Phi) is 9.55. The molecule has 2 rings (SSSR count). The normalized spacial score (nSPS) is 19.1. The molecule has 1 unspecified atom stereocenters. The molecule has 1 N–H and O–H groups in total. The van der Waals surface area contributed by atoms with Crippen molar-refractivity contribution in [2.24, 2.45) is 5.92 Å². The minimum Gasteiger partial charge on any atom is -0.469 e. The summed E-state index contributed by atoms with van der Waals surface area (Å²) in [4.78, 5) is 50.6. The first kappa shape index (κ1) is 25.2. The van der Waals surface area contributed by atoms with Crippen molar-refractivity contribution in [3.63, 3.8) is 0 Å². The third-order valence-corrected chi connectivity index (χ3v) is 5.24. The van der Waals surface area contributed by atoms with E-state index in [-0.39, 0.29) is 42.0 Å². The number of hydrogen-bond donors (Lipinski definition) is 1. The molecule has 0 amide bonds. The van der Waals surface area contributed by atoms with Gasteiger partial charge in [-0.3, -0.25) is 9.59 Å². The van der Waals surface area contributed by atoms with Crippen molar-refractivity contribution in [3.8, 4) is 0 Å². The van der Waals surface area contributed by atoms with Crippen LogP contribution >= 0.6 is 0 Å². The van der Waals surface area contributed by atoms with Gasteiger partial charge < -0.3 is 29.0 Å². The van der Waals surface area contributed by atoms with Crippen molar-refractivity contribution in [1.82, 2.24) is 5.32 Å². The van der Waals surface area contributed by atoms with Crippen molar-refractivity contribution >= 4 is 23.9 Å². The van der Waals surface area contributed by atoms with E-state index in [2.05, 4.69) is 5.32 Å². The summed E-state index contributed by atoms with van der Waals surface area (Å²) in [5.74, 6) is -4.97. The third kappa shape index (κ3) is 6.02. The number of rotatable bonds is 9. The van der Waals surface area contributed by atoms with Crippen LogP contribution in [0.15, 0.2) is 22.8 Å². The maximum Gasteiger partial charge on any atom is 0.340 e. The molecule has 0 aromatic heterocycles. The summed E-state index contributed by atoms with van der Waals surface area (Å²) in [6.07, 6.45) is 4.34. The zero-order valence-corrected chi connectivity index (χ0v) is 19.0. The fourth-order valence-electron chi connectivity index (χ4n) is 3.77. The molecule has 0 aromatic carbocycles.